The lowest BCUT2D eigenvalue weighted by Gasteiger charge is -2.06. The molecule has 0 amide bonds. The number of allylic oxidation sites excluding steroid dienone is 2. The SMILES string of the molecule is CCCCCC#C/C=C\C#CCCCCCC(O)C(=O)OC. The third-order valence-corrected chi connectivity index (χ3v) is 3.11. The Morgan fingerprint density at radius 2 is 1.64 bits per heavy atom. The number of rotatable bonds is 9. The van der Waals surface area contributed by atoms with Crippen LogP contribution in [0, 0.1) is 23.7 Å². The predicted octanol–water partition coefficient (Wildman–Crippen LogP) is 3.61. The van der Waals surface area contributed by atoms with Crippen molar-refractivity contribution >= 4 is 5.97 Å². The fourth-order valence-electron chi connectivity index (χ4n) is 1.79. The molecule has 0 fully saturated rings. The number of unbranched alkanes of at least 4 members (excludes halogenated alkanes) is 6. The average molecular weight is 304 g/mol. The first kappa shape index (κ1) is 20.3. The van der Waals surface area contributed by atoms with Crippen molar-refractivity contribution in [2.45, 2.75) is 70.8 Å². The van der Waals surface area contributed by atoms with Crippen LogP contribution in [0.1, 0.15) is 64.7 Å². The van der Waals surface area contributed by atoms with Crippen LogP contribution < -0.4 is 0 Å². The van der Waals surface area contributed by atoms with Gasteiger partial charge in [-0.3, -0.25) is 0 Å². The summed E-state index contributed by atoms with van der Waals surface area (Å²) in [4.78, 5) is 11.0. The second kappa shape index (κ2) is 15.7. The van der Waals surface area contributed by atoms with E-state index in [1.165, 1.54) is 26.4 Å². The molecule has 1 unspecified atom stereocenters. The van der Waals surface area contributed by atoms with Gasteiger partial charge in [0.1, 0.15) is 0 Å². The number of hydrogen-bond donors (Lipinski definition) is 1. The highest BCUT2D eigenvalue weighted by molar-refractivity contribution is 5.74. The van der Waals surface area contributed by atoms with Crippen molar-refractivity contribution in [3.8, 4) is 23.7 Å². The molecule has 0 aliphatic carbocycles. The smallest absolute Gasteiger partial charge is 0.334 e. The Hall–Kier alpha value is -1.71. The van der Waals surface area contributed by atoms with Crippen LogP contribution in [0.25, 0.3) is 0 Å². The van der Waals surface area contributed by atoms with Crippen LogP contribution in [0.2, 0.25) is 0 Å². The van der Waals surface area contributed by atoms with Crippen molar-refractivity contribution in [3.63, 3.8) is 0 Å². The lowest BCUT2D eigenvalue weighted by atomic mass is 10.1. The Balaban J connectivity index is 3.54. The van der Waals surface area contributed by atoms with E-state index in [-0.39, 0.29) is 0 Å². The molecule has 0 heterocycles. The maximum absolute atomic E-state index is 11.0. The number of esters is 1. The van der Waals surface area contributed by atoms with Gasteiger partial charge in [0.15, 0.2) is 6.10 Å². The van der Waals surface area contributed by atoms with E-state index in [2.05, 4.69) is 35.3 Å². The summed E-state index contributed by atoms with van der Waals surface area (Å²) in [6, 6.07) is 0. The molecule has 0 aliphatic heterocycles. The Bertz CT molecular complexity index is 429. The van der Waals surface area contributed by atoms with E-state index in [1.54, 1.807) is 12.2 Å². The molecule has 0 saturated carbocycles. The quantitative estimate of drug-likeness (QED) is 0.402. The van der Waals surface area contributed by atoms with Gasteiger partial charge in [0.2, 0.25) is 0 Å². The first-order valence-corrected chi connectivity index (χ1v) is 8.10. The van der Waals surface area contributed by atoms with Gasteiger partial charge in [0, 0.05) is 12.8 Å². The van der Waals surface area contributed by atoms with E-state index in [1.807, 2.05) is 0 Å². The summed E-state index contributed by atoms with van der Waals surface area (Å²) >= 11 is 0. The number of carbonyl (C=O) groups excluding carboxylic acids is 1. The van der Waals surface area contributed by atoms with Crippen LogP contribution >= 0.6 is 0 Å². The fourth-order valence-corrected chi connectivity index (χ4v) is 1.79. The molecular weight excluding hydrogens is 276 g/mol. The first-order chi connectivity index (χ1) is 10.7. The summed E-state index contributed by atoms with van der Waals surface area (Å²) in [5.41, 5.74) is 0. The molecule has 0 saturated heterocycles. The highest BCUT2D eigenvalue weighted by Gasteiger charge is 2.13. The number of aliphatic hydroxyl groups excluding tert-OH is 1. The Labute approximate surface area is 135 Å². The first-order valence-electron chi connectivity index (χ1n) is 8.10. The van der Waals surface area contributed by atoms with Crippen molar-refractivity contribution in [1.29, 1.82) is 0 Å². The van der Waals surface area contributed by atoms with Gasteiger partial charge in [-0.2, -0.15) is 0 Å². The molecule has 1 atom stereocenters. The maximum Gasteiger partial charge on any atom is 0.334 e. The van der Waals surface area contributed by atoms with Gasteiger partial charge in [-0.25, -0.2) is 4.79 Å². The second-order valence-corrected chi connectivity index (χ2v) is 5.07. The second-order valence-electron chi connectivity index (χ2n) is 5.07. The highest BCUT2D eigenvalue weighted by Crippen LogP contribution is 2.06. The lowest BCUT2D eigenvalue weighted by molar-refractivity contribution is -0.150. The molecule has 0 bridgehead atoms. The summed E-state index contributed by atoms with van der Waals surface area (Å²) in [5, 5.41) is 9.38. The fraction of sp³-hybridized carbons (Fsp3) is 0.632. The predicted molar refractivity (Wildman–Crippen MR) is 89.9 cm³/mol. The molecule has 0 aromatic carbocycles. The van der Waals surface area contributed by atoms with Crippen molar-refractivity contribution < 1.29 is 14.6 Å². The number of methoxy groups -OCH3 is 1. The Morgan fingerprint density at radius 1 is 1.05 bits per heavy atom. The van der Waals surface area contributed by atoms with Crippen LogP contribution in [0.15, 0.2) is 12.2 Å². The standard InChI is InChI=1S/C19H28O3/c1-3-4-5-6-7-8-9-10-11-12-13-14-15-16-17-18(20)19(21)22-2/h9-10,18,20H,3-6,13-17H2,1-2H3/b10-9-. The number of hydrogen-bond acceptors (Lipinski definition) is 3. The Kier molecular flexibility index (Phi) is 14.5. The van der Waals surface area contributed by atoms with Crippen LogP contribution in [0.4, 0.5) is 0 Å². The summed E-state index contributed by atoms with van der Waals surface area (Å²) < 4.78 is 4.45. The number of ether oxygens (including phenoxy) is 1. The van der Waals surface area contributed by atoms with Crippen LogP contribution in [-0.4, -0.2) is 24.3 Å². The van der Waals surface area contributed by atoms with Crippen LogP contribution in [0.3, 0.4) is 0 Å². The zero-order valence-corrected chi connectivity index (χ0v) is 13.9. The summed E-state index contributed by atoms with van der Waals surface area (Å²) in [5.74, 6) is 11.5. The number of aliphatic hydroxyl groups is 1. The van der Waals surface area contributed by atoms with Crippen LogP contribution in [0.5, 0.6) is 0 Å². The molecule has 0 radical (unpaired) electrons. The van der Waals surface area contributed by atoms with Gasteiger partial charge in [-0.1, -0.05) is 56.3 Å². The van der Waals surface area contributed by atoms with Gasteiger partial charge in [0.25, 0.3) is 0 Å². The minimum Gasteiger partial charge on any atom is -0.467 e. The molecule has 0 spiro atoms. The van der Waals surface area contributed by atoms with Gasteiger partial charge in [-0.15, -0.1) is 0 Å². The molecule has 1 N–H and O–H groups in total. The van der Waals surface area contributed by atoms with Crippen molar-refractivity contribution in [3.05, 3.63) is 12.2 Å². The minimum absolute atomic E-state index is 0.452. The molecule has 122 valence electrons. The molecule has 22 heavy (non-hydrogen) atoms. The molecule has 0 rings (SSSR count). The van der Waals surface area contributed by atoms with Crippen molar-refractivity contribution in [1.82, 2.24) is 0 Å². The Morgan fingerprint density at radius 3 is 2.18 bits per heavy atom. The molecule has 0 aliphatic rings. The maximum atomic E-state index is 11.0. The summed E-state index contributed by atoms with van der Waals surface area (Å²) in [6.45, 7) is 2.18. The normalized spacial score (nSPS) is 11.2. The molecule has 3 heteroatoms. The highest BCUT2D eigenvalue weighted by atomic mass is 16.5. The third kappa shape index (κ3) is 13.3. The third-order valence-electron chi connectivity index (χ3n) is 3.11. The van der Waals surface area contributed by atoms with Gasteiger partial charge < -0.3 is 9.84 Å². The van der Waals surface area contributed by atoms with E-state index >= 15 is 0 Å². The zero-order chi connectivity index (χ0) is 16.5. The topological polar surface area (TPSA) is 46.5 Å². The van der Waals surface area contributed by atoms with E-state index < -0.39 is 12.1 Å². The average Bonchev–Trinajstić information content (AvgIpc) is 2.54. The lowest BCUT2D eigenvalue weighted by Crippen LogP contribution is -2.21. The molecule has 0 aromatic heterocycles. The van der Waals surface area contributed by atoms with Gasteiger partial charge >= 0.3 is 5.97 Å². The van der Waals surface area contributed by atoms with E-state index in [0.29, 0.717) is 6.42 Å². The van der Waals surface area contributed by atoms with Crippen molar-refractivity contribution in [2.24, 2.45) is 0 Å². The molecular formula is C19H28O3. The molecule has 3 nitrogen and oxygen atoms in total. The molecule has 0 aromatic rings. The van der Waals surface area contributed by atoms with Gasteiger partial charge in [-0.05, 0) is 31.4 Å². The zero-order valence-electron chi connectivity index (χ0n) is 13.9. The summed E-state index contributed by atoms with van der Waals surface area (Å²) in [7, 11) is 1.28. The number of carbonyl (C=O) groups is 1. The summed E-state index contributed by atoms with van der Waals surface area (Å²) in [6.07, 6.45) is 11.2. The van der Waals surface area contributed by atoms with E-state index in [0.717, 1.165) is 32.1 Å². The van der Waals surface area contributed by atoms with E-state index in [4.69, 9.17) is 0 Å². The van der Waals surface area contributed by atoms with Crippen LogP contribution in [-0.2, 0) is 9.53 Å². The van der Waals surface area contributed by atoms with Crippen molar-refractivity contribution in [2.75, 3.05) is 7.11 Å². The largest absolute Gasteiger partial charge is 0.467 e. The van der Waals surface area contributed by atoms with Gasteiger partial charge in [0.05, 0.1) is 7.11 Å². The van der Waals surface area contributed by atoms with E-state index in [9.17, 15) is 9.90 Å². The minimum atomic E-state index is -0.991. The monoisotopic (exact) mass is 304 g/mol.